The summed E-state index contributed by atoms with van der Waals surface area (Å²) in [6.45, 7) is 3.03. The van der Waals surface area contributed by atoms with Crippen LogP contribution in [0, 0.1) is 5.92 Å². The zero-order chi connectivity index (χ0) is 18.3. The Hall–Kier alpha value is -0.760. The molecule has 1 aromatic carbocycles. The molecule has 0 unspecified atom stereocenters. The van der Waals surface area contributed by atoms with Crippen molar-refractivity contribution in [1.82, 2.24) is 9.62 Å². The van der Waals surface area contributed by atoms with Crippen molar-refractivity contribution < 1.29 is 13.2 Å². The van der Waals surface area contributed by atoms with Gasteiger partial charge in [-0.05, 0) is 31.4 Å². The molecule has 0 radical (unpaired) electrons. The first kappa shape index (κ1) is 20.6. The zero-order valence-electron chi connectivity index (χ0n) is 14.4. The molecule has 0 saturated carbocycles. The van der Waals surface area contributed by atoms with Gasteiger partial charge in [-0.15, -0.1) is 0 Å². The number of nitrogens with zero attached hydrogens (tertiary/aromatic N) is 1. The van der Waals surface area contributed by atoms with Gasteiger partial charge in [0.05, 0.1) is 11.7 Å². The molecule has 8 heteroatoms. The number of halogens is 1. The fourth-order valence-electron chi connectivity index (χ4n) is 2.78. The topological polar surface area (TPSA) is 66.5 Å². The highest BCUT2D eigenvalue weighted by Gasteiger charge is 2.31. The Kier molecular flexibility index (Phi) is 8.06. The van der Waals surface area contributed by atoms with E-state index >= 15 is 0 Å². The van der Waals surface area contributed by atoms with E-state index in [0.717, 1.165) is 34.9 Å². The quantitative estimate of drug-likeness (QED) is 0.676. The number of thioether (sulfide) groups is 1. The van der Waals surface area contributed by atoms with Gasteiger partial charge in [-0.2, -0.15) is 11.8 Å². The second-order valence-corrected chi connectivity index (χ2v) is 9.80. The van der Waals surface area contributed by atoms with Crippen molar-refractivity contribution >= 4 is 39.3 Å². The number of carbonyl (C=O) groups excluding carboxylic acids is 1. The maximum atomic E-state index is 12.3. The SMILES string of the molecule is CCS(=O)(=O)N1CCC[C@@H](C(=O)NCCSCc2ccccc2Cl)C1. The normalized spacial score (nSPS) is 18.9. The van der Waals surface area contributed by atoms with Gasteiger partial charge in [0.15, 0.2) is 0 Å². The van der Waals surface area contributed by atoms with Crippen LogP contribution < -0.4 is 5.32 Å². The molecule has 1 aliphatic rings. The lowest BCUT2D eigenvalue weighted by Gasteiger charge is -2.30. The molecule has 0 spiro atoms. The van der Waals surface area contributed by atoms with Crippen LogP contribution >= 0.6 is 23.4 Å². The van der Waals surface area contributed by atoms with Crippen molar-refractivity contribution in [2.45, 2.75) is 25.5 Å². The standard InChI is InChI=1S/C17H25ClN2O3S2/c1-2-25(22,23)20-10-5-7-14(12-20)17(21)19-9-11-24-13-15-6-3-4-8-16(15)18/h3-4,6,8,14H,2,5,7,9-13H2,1H3,(H,19,21)/t14-/m1/s1. The van der Waals surface area contributed by atoms with E-state index in [0.29, 0.717) is 19.6 Å². The van der Waals surface area contributed by atoms with E-state index in [9.17, 15) is 13.2 Å². The fraction of sp³-hybridized carbons (Fsp3) is 0.588. The molecule has 1 aromatic rings. The summed E-state index contributed by atoms with van der Waals surface area (Å²) in [6.07, 6.45) is 1.48. The molecule has 5 nitrogen and oxygen atoms in total. The van der Waals surface area contributed by atoms with E-state index in [1.54, 1.807) is 18.7 Å². The van der Waals surface area contributed by atoms with E-state index < -0.39 is 10.0 Å². The van der Waals surface area contributed by atoms with Gasteiger partial charge in [0.1, 0.15) is 0 Å². The van der Waals surface area contributed by atoms with Crippen LogP contribution in [0.3, 0.4) is 0 Å². The molecule has 25 heavy (non-hydrogen) atoms. The van der Waals surface area contributed by atoms with Gasteiger partial charge >= 0.3 is 0 Å². The van der Waals surface area contributed by atoms with Crippen molar-refractivity contribution in [1.29, 1.82) is 0 Å². The molecule has 140 valence electrons. The molecule has 1 heterocycles. The van der Waals surface area contributed by atoms with Gasteiger partial charge in [0.2, 0.25) is 15.9 Å². The third kappa shape index (κ3) is 6.16. The van der Waals surface area contributed by atoms with Crippen molar-refractivity contribution in [2.24, 2.45) is 5.92 Å². The predicted octanol–water partition coefficient (Wildman–Crippen LogP) is 2.75. The second-order valence-electron chi connectivity index (χ2n) is 6.03. The molecule has 1 aliphatic heterocycles. The van der Waals surface area contributed by atoms with E-state index in [-0.39, 0.29) is 17.6 Å². The summed E-state index contributed by atoms with van der Waals surface area (Å²) in [6, 6.07) is 7.74. The van der Waals surface area contributed by atoms with E-state index in [2.05, 4.69) is 5.32 Å². The van der Waals surface area contributed by atoms with Crippen molar-refractivity contribution in [3.8, 4) is 0 Å². The van der Waals surface area contributed by atoms with Crippen LogP contribution in [-0.4, -0.2) is 49.8 Å². The minimum Gasteiger partial charge on any atom is -0.355 e. The van der Waals surface area contributed by atoms with Gasteiger partial charge in [-0.1, -0.05) is 29.8 Å². The van der Waals surface area contributed by atoms with Crippen molar-refractivity contribution in [3.05, 3.63) is 34.9 Å². The van der Waals surface area contributed by atoms with Crippen LogP contribution in [0.2, 0.25) is 5.02 Å². The van der Waals surface area contributed by atoms with Crippen molar-refractivity contribution in [2.75, 3.05) is 31.1 Å². The number of rotatable bonds is 8. The summed E-state index contributed by atoms with van der Waals surface area (Å²) < 4.78 is 25.4. The summed E-state index contributed by atoms with van der Waals surface area (Å²) in [5, 5.41) is 3.69. The number of sulfonamides is 1. The minimum absolute atomic E-state index is 0.0469. The summed E-state index contributed by atoms with van der Waals surface area (Å²) in [5.74, 6) is 1.39. The zero-order valence-corrected chi connectivity index (χ0v) is 16.8. The number of hydrogen-bond donors (Lipinski definition) is 1. The number of piperidine rings is 1. The lowest BCUT2D eigenvalue weighted by atomic mass is 9.99. The number of nitrogens with one attached hydrogen (secondary N) is 1. The molecular weight excluding hydrogens is 380 g/mol. The first-order chi connectivity index (χ1) is 11.9. The Morgan fingerprint density at radius 3 is 2.88 bits per heavy atom. The molecule has 2 rings (SSSR count). The lowest BCUT2D eigenvalue weighted by molar-refractivity contribution is -0.125. The predicted molar refractivity (Wildman–Crippen MR) is 104 cm³/mol. The van der Waals surface area contributed by atoms with Gasteiger partial charge in [-0.25, -0.2) is 12.7 Å². The Labute approximate surface area is 159 Å². The highest BCUT2D eigenvalue weighted by atomic mass is 35.5. The van der Waals surface area contributed by atoms with Gasteiger partial charge < -0.3 is 5.32 Å². The molecule has 0 aliphatic carbocycles. The minimum atomic E-state index is -3.21. The Balaban J connectivity index is 1.70. The molecule has 1 saturated heterocycles. The average Bonchev–Trinajstić information content (AvgIpc) is 2.63. The van der Waals surface area contributed by atoms with Gasteiger partial charge in [0, 0.05) is 36.2 Å². The third-order valence-electron chi connectivity index (χ3n) is 4.27. The number of benzene rings is 1. The second kappa shape index (κ2) is 9.80. The van der Waals surface area contributed by atoms with Crippen LogP contribution in [0.15, 0.2) is 24.3 Å². The molecule has 1 atom stereocenters. The van der Waals surface area contributed by atoms with Gasteiger partial charge in [0.25, 0.3) is 0 Å². The molecule has 1 fully saturated rings. The highest BCUT2D eigenvalue weighted by molar-refractivity contribution is 7.98. The Bertz CT molecular complexity index is 682. The van der Waals surface area contributed by atoms with Crippen LogP contribution in [-0.2, 0) is 20.6 Å². The van der Waals surface area contributed by atoms with Crippen LogP contribution in [0.5, 0.6) is 0 Å². The molecule has 1 N–H and O–H groups in total. The Morgan fingerprint density at radius 1 is 1.40 bits per heavy atom. The summed E-state index contributed by atoms with van der Waals surface area (Å²) >= 11 is 7.83. The summed E-state index contributed by atoms with van der Waals surface area (Å²) in [4.78, 5) is 12.3. The van der Waals surface area contributed by atoms with E-state index in [1.807, 2.05) is 24.3 Å². The first-order valence-electron chi connectivity index (χ1n) is 8.50. The van der Waals surface area contributed by atoms with Crippen LogP contribution in [0.25, 0.3) is 0 Å². The van der Waals surface area contributed by atoms with Crippen LogP contribution in [0.4, 0.5) is 0 Å². The van der Waals surface area contributed by atoms with Gasteiger partial charge in [-0.3, -0.25) is 4.79 Å². The molecular formula is C17H25ClN2O3S2. The van der Waals surface area contributed by atoms with Crippen LogP contribution in [0.1, 0.15) is 25.3 Å². The largest absolute Gasteiger partial charge is 0.355 e. The summed E-state index contributed by atoms with van der Waals surface area (Å²) in [5.41, 5.74) is 1.09. The van der Waals surface area contributed by atoms with E-state index in [1.165, 1.54) is 4.31 Å². The smallest absolute Gasteiger partial charge is 0.224 e. The highest BCUT2D eigenvalue weighted by Crippen LogP contribution is 2.21. The molecule has 1 amide bonds. The average molecular weight is 405 g/mol. The Morgan fingerprint density at radius 2 is 2.16 bits per heavy atom. The number of amides is 1. The monoisotopic (exact) mass is 404 g/mol. The van der Waals surface area contributed by atoms with E-state index in [4.69, 9.17) is 11.6 Å². The fourth-order valence-corrected chi connectivity index (χ4v) is 5.10. The maximum absolute atomic E-state index is 12.3. The number of hydrogen-bond acceptors (Lipinski definition) is 4. The maximum Gasteiger partial charge on any atom is 0.224 e. The molecule has 0 bridgehead atoms. The lowest BCUT2D eigenvalue weighted by Crippen LogP contribution is -2.46. The number of carbonyl (C=O) groups is 1. The summed E-state index contributed by atoms with van der Waals surface area (Å²) in [7, 11) is -3.21. The van der Waals surface area contributed by atoms with Crippen molar-refractivity contribution in [3.63, 3.8) is 0 Å². The third-order valence-corrected chi connectivity index (χ3v) is 7.50. The molecule has 0 aromatic heterocycles. The first-order valence-corrected chi connectivity index (χ1v) is 11.6.